The molecule has 1 aromatic heterocycles. The maximum atomic E-state index is 12.6. The lowest BCUT2D eigenvalue weighted by Gasteiger charge is -2.32. The number of hydrazine groups is 1. The Morgan fingerprint density at radius 2 is 2.10 bits per heavy atom. The Kier molecular flexibility index (Phi) is 6.21. The summed E-state index contributed by atoms with van der Waals surface area (Å²) in [4.78, 5) is 29.0. The summed E-state index contributed by atoms with van der Waals surface area (Å²) >= 11 is 7.27. The van der Waals surface area contributed by atoms with Gasteiger partial charge >= 0.3 is 0 Å². The molecule has 4 rings (SSSR count). The molecule has 13 heteroatoms. The summed E-state index contributed by atoms with van der Waals surface area (Å²) in [6.07, 6.45) is 1.81. The first-order valence-electron chi connectivity index (χ1n) is 9.39. The molecule has 0 aliphatic carbocycles. The molecule has 1 aromatic carbocycles. The molecule has 2 aromatic rings. The number of rotatable bonds is 6. The standard InChI is InChI=1S/C18H19ClN6O4S2/c19-12-3-1-11(2-4-12)9-30-18-21-17(22-23-18)20-16(27)14-5-6-15(26)25(24-14)13-7-8-31(28,29)10-13/h1-5,13,24H,6-10H2,(H2,20,21,22,23,27)/t13-/m1/s1. The van der Waals surface area contributed by atoms with Crippen LogP contribution in [-0.4, -0.2) is 58.0 Å². The lowest BCUT2D eigenvalue weighted by molar-refractivity contribution is -0.136. The maximum absolute atomic E-state index is 12.6. The molecule has 31 heavy (non-hydrogen) atoms. The van der Waals surface area contributed by atoms with Crippen molar-refractivity contribution < 1.29 is 18.0 Å². The molecule has 1 atom stereocenters. The third-order valence-corrected chi connectivity index (χ3v) is 7.71. The third kappa shape index (κ3) is 5.38. The van der Waals surface area contributed by atoms with Crippen LogP contribution in [0, 0.1) is 0 Å². The second-order valence-electron chi connectivity index (χ2n) is 7.09. The van der Waals surface area contributed by atoms with Gasteiger partial charge in [0.2, 0.25) is 17.0 Å². The zero-order valence-electron chi connectivity index (χ0n) is 16.2. The molecule has 2 aliphatic heterocycles. The first kappa shape index (κ1) is 21.7. The molecule has 164 valence electrons. The Morgan fingerprint density at radius 1 is 1.32 bits per heavy atom. The summed E-state index contributed by atoms with van der Waals surface area (Å²) in [5.74, 6) is -0.0720. The number of thioether (sulfide) groups is 1. The number of H-pyrrole nitrogens is 1. The van der Waals surface area contributed by atoms with Crippen LogP contribution in [0.15, 0.2) is 41.2 Å². The van der Waals surface area contributed by atoms with Crippen molar-refractivity contribution in [1.82, 2.24) is 25.6 Å². The third-order valence-electron chi connectivity index (χ3n) is 4.79. The predicted octanol–water partition coefficient (Wildman–Crippen LogP) is 1.50. The van der Waals surface area contributed by atoms with Crippen LogP contribution in [0.25, 0.3) is 0 Å². The van der Waals surface area contributed by atoms with Gasteiger partial charge in [-0.3, -0.25) is 25.3 Å². The van der Waals surface area contributed by atoms with E-state index in [0.717, 1.165) is 5.56 Å². The summed E-state index contributed by atoms with van der Waals surface area (Å²) in [6, 6.07) is 6.94. The van der Waals surface area contributed by atoms with Gasteiger partial charge in [0.1, 0.15) is 5.70 Å². The van der Waals surface area contributed by atoms with Crippen LogP contribution in [-0.2, 0) is 25.2 Å². The number of halogens is 1. The quantitative estimate of drug-likeness (QED) is 0.527. The van der Waals surface area contributed by atoms with Crippen LogP contribution in [0.2, 0.25) is 5.02 Å². The Morgan fingerprint density at radius 3 is 2.81 bits per heavy atom. The van der Waals surface area contributed by atoms with E-state index in [1.54, 1.807) is 12.1 Å². The minimum Gasteiger partial charge on any atom is -0.291 e. The lowest BCUT2D eigenvalue weighted by Crippen LogP contribution is -2.53. The van der Waals surface area contributed by atoms with Crippen molar-refractivity contribution in [2.45, 2.75) is 29.8 Å². The zero-order chi connectivity index (χ0) is 22.0. The summed E-state index contributed by atoms with van der Waals surface area (Å²) in [5, 5.41) is 11.7. The Bertz CT molecular complexity index is 1130. The van der Waals surface area contributed by atoms with Crippen LogP contribution < -0.4 is 10.7 Å². The fraction of sp³-hybridized carbons (Fsp3) is 0.333. The normalized spacial score (nSPS) is 20.3. The molecule has 0 bridgehead atoms. The molecule has 3 N–H and O–H groups in total. The molecule has 1 fully saturated rings. The highest BCUT2D eigenvalue weighted by Crippen LogP contribution is 2.22. The Labute approximate surface area is 187 Å². The number of hydrogen-bond acceptors (Lipinski definition) is 8. The monoisotopic (exact) mass is 482 g/mol. The maximum Gasteiger partial charge on any atom is 0.275 e. The molecule has 3 heterocycles. The number of amides is 2. The van der Waals surface area contributed by atoms with Gasteiger partial charge in [-0.1, -0.05) is 35.5 Å². The van der Waals surface area contributed by atoms with E-state index >= 15 is 0 Å². The second kappa shape index (κ2) is 8.89. The van der Waals surface area contributed by atoms with Gasteiger partial charge in [0, 0.05) is 17.2 Å². The van der Waals surface area contributed by atoms with E-state index in [9.17, 15) is 18.0 Å². The average molecular weight is 483 g/mol. The van der Waals surface area contributed by atoms with Crippen LogP contribution in [0.4, 0.5) is 5.95 Å². The number of aromatic amines is 1. The minimum absolute atomic E-state index is 0.00486. The van der Waals surface area contributed by atoms with Gasteiger partial charge < -0.3 is 0 Å². The van der Waals surface area contributed by atoms with Crippen molar-refractivity contribution in [3.8, 4) is 0 Å². The summed E-state index contributed by atoms with van der Waals surface area (Å²) < 4.78 is 23.4. The molecule has 2 aliphatic rings. The van der Waals surface area contributed by atoms with Gasteiger partial charge in [-0.25, -0.2) is 13.5 Å². The fourth-order valence-electron chi connectivity index (χ4n) is 3.21. The Hall–Kier alpha value is -2.57. The average Bonchev–Trinajstić information content (AvgIpc) is 3.33. The molecule has 0 radical (unpaired) electrons. The lowest BCUT2D eigenvalue weighted by atomic mass is 10.2. The van der Waals surface area contributed by atoms with Gasteiger partial charge in [0.05, 0.1) is 17.5 Å². The number of anilines is 1. The molecule has 1 saturated heterocycles. The molecular formula is C18H19ClN6O4S2. The number of carbonyl (C=O) groups excluding carboxylic acids is 2. The SMILES string of the molecule is O=C(Nc1nc(SCc2ccc(Cl)cc2)n[nH]1)C1=CCC(=O)N([C@@H]2CCS(=O)(=O)C2)N1. The zero-order valence-corrected chi connectivity index (χ0v) is 18.6. The highest BCUT2D eigenvalue weighted by molar-refractivity contribution is 7.98. The van der Waals surface area contributed by atoms with Crippen molar-refractivity contribution in [2.24, 2.45) is 0 Å². The smallest absolute Gasteiger partial charge is 0.275 e. The van der Waals surface area contributed by atoms with Crippen LogP contribution in [0.1, 0.15) is 18.4 Å². The number of benzene rings is 1. The number of nitrogens with one attached hydrogen (secondary N) is 3. The van der Waals surface area contributed by atoms with E-state index in [1.165, 1.54) is 22.8 Å². The highest BCUT2D eigenvalue weighted by atomic mass is 35.5. The van der Waals surface area contributed by atoms with Crippen molar-refractivity contribution >= 4 is 51.0 Å². The van der Waals surface area contributed by atoms with Gasteiger partial charge in [-0.05, 0) is 30.2 Å². The van der Waals surface area contributed by atoms with Gasteiger partial charge in [-0.2, -0.15) is 4.98 Å². The number of carbonyl (C=O) groups is 2. The molecule has 0 spiro atoms. The number of aromatic nitrogens is 3. The van der Waals surface area contributed by atoms with E-state index in [1.807, 2.05) is 12.1 Å². The van der Waals surface area contributed by atoms with E-state index in [4.69, 9.17) is 11.6 Å². The van der Waals surface area contributed by atoms with Crippen molar-refractivity contribution in [3.05, 3.63) is 46.6 Å². The van der Waals surface area contributed by atoms with Crippen LogP contribution in [0.5, 0.6) is 0 Å². The van der Waals surface area contributed by atoms with Crippen LogP contribution in [0.3, 0.4) is 0 Å². The summed E-state index contributed by atoms with van der Waals surface area (Å²) in [7, 11) is -3.17. The van der Waals surface area contributed by atoms with Gasteiger partial charge in [0.15, 0.2) is 9.84 Å². The van der Waals surface area contributed by atoms with Gasteiger partial charge in [0.25, 0.3) is 5.91 Å². The number of sulfone groups is 1. The summed E-state index contributed by atoms with van der Waals surface area (Å²) in [6.45, 7) is 0. The fourth-order valence-corrected chi connectivity index (χ4v) is 5.79. The molecule has 0 saturated carbocycles. The topological polar surface area (TPSA) is 137 Å². The Balaban J connectivity index is 1.34. The second-order valence-corrected chi connectivity index (χ2v) is 10.7. The number of nitrogens with zero attached hydrogens (tertiary/aromatic N) is 3. The first-order valence-corrected chi connectivity index (χ1v) is 12.6. The van der Waals surface area contributed by atoms with Crippen molar-refractivity contribution in [3.63, 3.8) is 0 Å². The largest absolute Gasteiger partial charge is 0.291 e. The predicted molar refractivity (Wildman–Crippen MR) is 116 cm³/mol. The van der Waals surface area contributed by atoms with E-state index in [-0.39, 0.29) is 35.5 Å². The first-order chi connectivity index (χ1) is 14.8. The molecule has 2 amide bonds. The number of hydrogen-bond donors (Lipinski definition) is 3. The molecular weight excluding hydrogens is 464 g/mol. The van der Waals surface area contributed by atoms with E-state index in [0.29, 0.717) is 22.4 Å². The van der Waals surface area contributed by atoms with Crippen LogP contribution >= 0.6 is 23.4 Å². The molecule has 0 unspecified atom stereocenters. The molecule has 10 nitrogen and oxygen atoms in total. The van der Waals surface area contributed by atoms with E-state index in [2.05, 4.69) is 25.9 Å². The van der Waals surface area contributed by atoms with Crippen molar-refractivity contribution in [2.75, 3.05) is 16.8 Å². The van der Waals surface area contributed by atoms with Crippen molar-refractivity contribution in [1.29, 1.82) is 0 Å². The van der Waals surface area contributed by atoms with Gasteiger partial charge in [-0.15, -0.1) is 5.10 Å². The minimum atomic E-state index is -3.17. The summed E-state index contributed by atoms with van der Waals surface area (Å²) in [5.41, 5.74) is 3.96. The highest BCUT2D eigenvalue weighted by Gasteiger charge is 2.37. The van der Waals surface area contributed by atoms with E-state index < -0.39 is 21.8 Å².